The van der Waals surface area contributed by atoms with Crippen molar-refractivity contribution in [2.24, 2.45) is 0 Å². The molecule has 0 fully saturated rings. The highest BCUT2D eigenvalue weighted by Gasteiger charge is 2.14. The van der Waals surface area contributed by atoms with Gasteiger partial charge in [-0.2, -0.15) is 0 Å². The van der Waals surface area contributed by atoms with E-state index in [-0.39, 0.29) is 0 Å². The smallest absolute Gasteiger partial charge is 0.327 e. The predicted molar refractivity (Wildman–Crippen MR) is 143 cm³/mol. The Morgan fingerprint density at radius 3 is 2.00 bits per heavy atom. The topological polar surface area (TPSA) is 87.7 Å². The first-order valence-corrected chi connectivity index (χ1v) is 12.4. The number of nitrogens with one attached hydrogen (secondary N) is 2. The normalized spacial score (nSPS) is 11.2. The molecule has 7 nitrogen and oxygen atoms in total. The van der Waals surface area contributed by atoms with Crippen LogP contribution in [0.5, 0.6) is 5.75 Å². The lowest BCUT2D eigenvalue weighted by Crippen LogP contribution is -2.44. The summed E-state index contributed by atoms with van der Waals surface area (Å²) in [7, 11) is 4.02. The molecule has 3 aromatic carbocycles. The molecule has 0 radical (unpaired) electrons. The quantitative estimate of drug-likeness (QED) is 0.444. The van der Waals surface area contributed by atoms with Crippen LogP contribution in [0.1, 0.15) is 19.4 Å². The van der Waals surface area contributed by atoms with Gasteiger partial charge < -0.3 is 19.7 Å². The van der Waals surface area contributed by atoms with Crippen LogP contribution in [0.15, 0.2) is 89.8 Å². The number of nitrogens with zero attached hydrogens (tertiary/aromatic N) is 1. The molecule has 3 rings (SSSR count). The number of rotatable bonds is 8. The van der Waals surface area contributed by atoms with E-state index in [1.54, 1.807) is 37.4 Å². The summed E-state index contributed by atoms with van der Waals surface area (Å²) in [5.74, 6) is 0.914. The molecule has 0 heterocycles. The molecule has 188 valence electrons. The summed E-state index contributed by atoms with van der Waals surface area (Å²) in [4.78, 5) is 25.4. The zero-order valence-electron chi connectivity index (χ0n) is 20.9. The van der Waals surface area contributed by atoms with Crippen LogP contribution in [0.25, 0.3) is 0 Å². The van der Waals surface area contributed by atoms with Gasteiger partial charge >= 0.3 is 6.03 Å². The average molecular weight is 498 g/mol. The summed E-state index contributed by atoms with van der Waals surface area (Å²) in [6.45, 7) is 4.00. The number of benzene rings is 3. The van der Waals surface area contributed by atoms with Gasteiger partial charge in [-0.25, -0.2) is 9.00 Å². The van der Waals surface area contributed by atoms with Crippen molar-refractivity contribution in [3.8, 4) is 5.75 Å². The molecular weight excluding hydrogens is 462 g/mol. The molecule has 35 heavy (non-hydrogen) atoms. The number of carbonyl (C=O) groups is 2. The third-order valence-corrected chi connectivity index (χ3v) is 5.56. The van der Waals surface area contributed by atoms with Crippen LogP contribution in [-0.4, -0.2) is 43.8 Å². The lowest BCUT2D eigenvalue weighted by Gasteiger charge is -2.15. The molecule has 2 atom stereocenters. The van der Waals surface area contributed by atoms with Crippen molar-refractivity contribution in [1.82, 2.24) is 10.0 Å². The highest BCUT2D eigenvalue weighted by Crippen LogP contribution is 2.24. The van der Waals surface area contributed by atoms with Crippen LogP contribution in [0.2, 0.25) is 0 Å². The second-order valence-electron chi connectivity index (χ2n) is 7.16. The predicted octanol–water partition coefficient (Wildman–Crippen LogP) is 4.61. The molecule has 0 aliphatic heterocycles. The monoisotopic (exact) mass is 497 g/mol. The van der Waals surface area contributed by atoms with Crippen molar-refractivity contribution in [2.45, 2.75) is 31.2 Å². The minimum absolute atomic E-state index is 0.385. The van der Waals surface area contributed by atoms with E-state index in [9.17, 15) is 13.8 Å². The molecule has 2 N–H and O–H groups in total. The van der Waals surface area contributed by atoms with Gasteiger partial charge in [-0.3, -0.25) is 4.72 Å². The number of ether oxygens (including phenoxy) is 1. The molecule has 0 aliphatic carbocycles. The van der Waals surface area contributed by atoms with Crippen molar-refractivity contribution in [2.75, 3.05) is 26.1 Å². The highest BCUT2D eigenvalue weighted by molar-refractivity contribution is 7.83. The van der Waals surface area contributed by atoms with Crippen LogP contribution in [0.3, 0.4) is 0 Å². The minimum atomic E-state index is -1.66. The van der Waals surface area contributed by atoms with Crippen molar-refractivity contribution in [3.63, 3.8) is 0 Å². The molecule has 0 saturated carbocycles. The number of amides is 2. The van der Waals surface area contributed by atoms with Gasteiger partial charge in [0, 0.05) is 14.1 Å². The van der Waals surface area contributed by atoms with Gasteiger partial charge in [-0.1, -0.05) is 74.5 Å². The molecule has 3 aromatic rings. The standard InChI is InChI=1S/C16H16N2O3S.C9H13NO.C2H6/c19-12-14(11-13-7-3-1-4-8-13)17-16(20)18-22(21)15-9-5-2-6-10-15;1-10(2)8-6-4-5-7-9(8)11-3;1-2/h1-10,12,14H,11H2,(H2,17,18,20);4-7H,1-3H3;1-2H3. The molecule has 0 saturated heterocycles. The number of para-hydroxylation sites is 2. The van der Waals surface area contributed by atoms with Crippen LogP contribution in [-0.2, 0) is 22.2 Å². The van der Waals surface area contributed by atoms with Gasteiger partial charge in [0.2, 0.25) is 0 Å². The zero-order valence-corrected chi connectivity index (χ0v) is 21.7. The molecule has 0 aliphatic rings. The Labute approximate surface area is 211 Å². The Hall–Kier alpha value is -3.65. The van der Waals surface area contributed by atoms with E-state index in [0.717, 1.165) is 17.0 Å². The fourth-order valence-electron chi connectivity index (χ4n) is 2.89. The maximum atomic E-state index is 11.9. The molecular formula is C27H35N3O4S. The second kappa shape index (κ2) is 16.9. The largest absolute Gasteiger partial charge is 0.495 e. The number of hydrogen-bond donors (Lipinski definition) is 2. The Balaban J connectivity index is 0.000000395. The van der Waals surface area contributed by atoms with Crippen LogP contribution in [0, 0.1) is 0 Å². The summed E-state index contributed by atoms with van der Waals surface area (Å²) >= 11 is 0. The van der Waals surface area contributed by atoms with E-state index < -0.39 is 23.1 Å². The molecule has 2 unspecified atom stereocenters. The Morgan fingerprint density at radius 2 is 1.49 bits per heavy atom. The molecule has 0 aromatic heterocycles. The lowest BCUT2D eigenvalue weighted by molar-refractivity contribution is -0.109. The van der Waals surface area contributed by atoms with E-state index in [0.29, 0.717) is 17.6 Å². The number of aldehydes is 1. The fourth-order valence-corrected chi connectivity index (χ4v) is 3.63. The minimum Gasteiger partial charge on any atom is -0.495 e. The first-order chi connectivity index (χ1) is 16.9. The van der Waals surface area contributed by atoms with Crippen LogP contribution < -0.4 is 19.7 Å². The van der Waals surface area contributed by atoms with Crippen molar-refractivity contribution in [1.29, 1.82) is 0 Å². The molecule has 0 bridgehead atoms. The van der Waals surface area contributed by atoms with Gasteiger partial charge in [-0.05, 0) is 36.2 Å². The van der Waals surface area contributed by atoms with Gasteiger partial charge in [0.05, 0.1) is 23.7 Å². The maximum absolute atomic E-state index is 11.9. The van der Waals surface area contributed by atoms with Crippen molar-refractivity contribution < 1.29 is 18.5 Å². The van der Waals surface area contributed by atoms with Crippen molar-refractivity contribution in [3.05, 3.63) is 90.5 Å². The van der Waals surface area contributed by atoms with Crippen LogP contribution >= 0.6 is 0 Å². The van der Waals surface area contributed by atoms with E-state index >= 15 is 0 Å². The Bertz CT molecular complexity index is 1030. The number of carbonyl (C=O) groups excluding carboxylic acids is 2. The molecule has 2 amide bonds. The third kappa shape index (κ3) is 10.9. The second-order valence-corrected chi connectivity index (χ2v) is 8.37. The first-order valence-electron chi connectivity index (χ1n) is 11.3. The first kappa shape index (κ1) is 29.4. The number of urea groups is 1. The average Bonchev–Trinajstić information content (AvgIpc) is 2.90. The lowest BCUT2D eigenvalue weighted by atomic mass is 10.1. The van der Waals surface area contributed by atoms with E-state index in [4.69, 9.17) is 4.74 Å². The summed E-state index contributed by atoms with van der Waals surface area (Å²) in [6, 6.07) is 24.5. The van der Waals surface area contributed by atoms with E-state index in [1.807, 2.05) is 87.4 Å². The zero-order chi connectivity index (χ0) is 26.1. The summed E-state index contributed by atoms with van der Waals surface area (Å²) in [6.07, 6.45) is 1.05. The Kier molecular flexibility index (Phi) is 14.2. The SMILES string of the molecule is CC.COc1ccccc1N(C)C.O=CC(Cc1ccccc1)NC(=O)NS(=O)c1ccccc1. The Morgan fingerprint density at radius 1 is 0.943 bits per heavy atom. The van der Waals surface area contributed by atoms with Gasteiger partial charge in [0.15, 0.2) is 11.0 Å². The summed E-state index contributed by atoms with van der Waals surface area (Å²) in [5.41, 5.74) is 2.04. The third-order valence-electron chi connectivity index (χ3n) is 4.49. The van der Waals surface area contributed by atoms with Gasteiger partial charge in [0.25, 0.3) is 0 Å². The molecule has 0 spiro atoms. The van der Waals surface area contributed by atoms with Crippen molar-refractivity contribution >= 4 is 29.0 Å². The maximum Gasteiger partial charge on any atom is 0.327 e. The number of anilines is 1. The van der Waals surface area contributed by atoms with Gasteiger partial charge in [0.1, 0.15) is 12.0 Å². The van der Waals surface area contributed by atoms with Crippen LogP contribution in [0.4, 0.5) is 10.5 Å². The molecule has 8 heteroatoms. The highest BCUT2D eigenvalue weighted by atomic mass is 32.2. The summed E-state index contributed by atoms with van der Waals surface area (Å²) in [5, 5.41) is 2.50. The fraction of sp³-hybridized carbons (Fsp3) is 0.259. The van der Waals surface area contributed by atoms with E-state index in [1.165, 1.54) is 0 Å². The van der Waals surface area contributed by atoms with Gasteiger partial charge in [-0.15, -0.1) is 0 Å². The van der Waals surface area contributed by atoms with E-state index in [2.05, 4.69) is 10.0 Å². The number of methoxy groups -OCH3 is 1. The number of hydrogen-bond acceptors (Lipinski definition) is 5. The summed E-state index contributed by atoms with van der Waals surface area (Å²) < 4.78 is 19.4.